The molecule has 0 aromatic carbocycles. The van der Waals surface area contributed by atoms with E-state index in [1.807, 2.05) is 0 Å². The lowest BCUT2D eigenvalue weighted by Gasteiger charge is -2.27. The average Bonchev–Trinajstić information content (AvgIpc) is 3.00. The van der Waals surface area contributed by atoms with Crippen LogP contribution in [0.1, 0.15) is 0 Å². The van der Waals surface area contributed by atoms with Crippen LogP contribution in [0.3, 0.4) is 0 Å². The molecule has 0 bridgehead atoms. The van der Waals surface area contributed by atoms with Gasteiger partial charge in [-0.25, -0.2) is 4.99 Å². The molecule has 5 atom stereocenters. The molecular weight excluding hydrogens is 268 g/mol. The summed E-state index contributed by atoms with van der Waals surface area (Å²) in [6.45, 7) is -0.284. The van der Waals surface area contributed by atoms with Crippen LogP contribution in [0.15, 0.2) is 15.0 Å². The average molecular weight is 282 g/mol. The van der Waals surface area contributed by atoms with E-state index in [0.29, 0.717) is 5.84 Å². The Labute approximate surface area is 114 Å². The fraction of sp³-hybridized carbons (Fsp3) is 0.636. The van der Waals surface area contributed by atoms with Crippen LogP contribution in [-0.4, -0.2) is 83.8 Å². The van der Waals surface area contributed by atoms with Gasteiger partial charge in [-0.05, 0) is 0 Å². The number of carbonyl (C=O) groups is 1. The van der Waals surface area contributed by atoms with Crippen molar-refractivity contribution in [1.82, 2.24) is 4.90 Å². The Morgan fingerprint density at radius 3 is 3.00 bits per heavy atom. The Morgan fingerprint density at radius 1 is 1.55 bits per heavy atom. The predicted octanol–water partition coefficient (Wildman–Crippen LogP) is -2.24. The molecule has 0 spiro atoms. The van der Waals surface area contributed by atoms with Crippen molar-refractivity contribution in [2.24, 2.45) is 15.0 Å². The number of amidine groups is 1. The molecule has 1 fully saturated rings. The molecule has 0 radical (unpaired) electrons. The molecule has 1 saturated heterocycles. The van der Waals surface area contributed by atoms with Gasteiger partial charge >= 0.3 is 0 Å². The molecule has 0 aliphatic carbocycles. The molecule has 3 heterocycles. The van der Waals surface area contributed by atoms with Crippen molar-refractivity contribution in [1.29, 1.82) is 0 Å². The molecule has 3 rings (SSSR count). The molecule has 3 aliphatic heterocycles. The van der Waals surface area contributed by atoms with Crippen molar-refractivity contribution in [3.8, 4) is 0 Å². The summed E-state index contributed by atoms with van der Waals surface area (Å²) in [6.07, 6.45) is -0.597. The molecule has 1 amide bonds. The summed E-state index contributed by atoms with van der Waals surface area (Å²) in [5.74, 6) is -0.0641. The van der Waals surface area contributed by atoms with E-state index in [0.717, 1.165) is 6.34 Å². The predicted molar refractivity (Wildman–Crippen MR) is 67.6 cm³/mol. The first-order valence-electron chi connectivity index (χ1n) is 6.10. The minimum atomic E-state index is -1.00. The molecule has 0 saturated carbocycles. The summed E-state index contributed by atoms with van der Waals surface area (Å²) in [7, 11) is 1.43. The van der Waals surface area contributed by atoms with Crippen LogP contribution in [-0.2, 0) is 14.3 Å². The number of amides is 1. The van der Waals surface area contributed by atoms with Crippen LogP contribution in [0.2, 0.25) is 0 Å². The SMILES string of the molecule is CO[C@H]1[C@@H](O)[C@H](N2C=NC3C(=O)N=CN=C32)O[C@@H]1CO. The monoisotopic (exact) mass is 282 g/mol. The lowest BCUT2D eigenvalue weighted by atomic mass is 10.1. The van der Waals surface area contributed by atoms with Gasteiger partial charge in [0.15, 0.2) is 12.3 Å². The first-order valence-corrected chi connectivity index (χ1v) is 6.10. The van der Waals surface area contributed by atoms with Gasteiger partial charge in [0.25, 0.3) is 5.91 Å². The summed E-state index contributed by atoms with van der Waals surface area (Å²) in [5, 5.41) is 19.5. The second-order valence-electron chi connectivity index (χ2n) is 4.58. The Bertz CT molecular complexity index is 505. The first-order chi connectivity index (χ1) is 9.67. The molecule has 20 heavy (non-hydrogen) atoms. The lowest BCUT2D eigenvalue weighted by Crippen LogP contribution is -2.48. The molecule has 0 aromatic rings. The van der Waals surface area contributed by atoms with Gasteiger partial charge in [-0.2, -0.15) is 4.99 Å². The topological polar surface area (TPSA) is 116 Å². The van der Waals surface area contributed by atoms with Gasteiger partial charge in [-0.3, -0.25) is 14.7 Å². The third kappa shape index (κ3) is 1.86. The molecular formula is C11H14N4O5. The quantitative estimate of drug-likeness (QED) is 0.604. The maximum Gasteiger partial charge on any atom is 0.279 e. The van der Waals surface area contributed by atoms with Crippen LogP contribution in [0, 0.1) is 0 Å². The molecule has 1 unspecified atom stereocenters. The molecule has 9 heteroatoms. The van der Waals surface area contributed by atoms with Crippen LogP contribution < -0.4 is 0 Å². The minimum absolute atomic E-state index is 0.284. The van der Waals surface area contributed by atoms with E-state index in [1.165, 1.54) is 18.3 Å². The summed E-state index contributed by atoms with van der Waals surface area (Å²) in [5.41, 5.74) is 0. The number of hydrogen-bond acceptors (Lipinski definition) is 8. The highest BCUT2D eigenvalue weighted by atomic mass is 16.6. The Morgan fingerprint density at radius 2 is 2.35 bits per heavy atom. The summed E-state index contributed by atoms with van der Waals surface area (Å²) < 4.78 is 10.7. The van der Waals surface area contributed by atoms with Gasteiger partial charge < -0.3 is 19.7 Å². The molecule has 0 aromatic heterocycles. The van der Waals surface area contributed by atoms with E-state index in [-0.39, 0.29) is 6.61 Å². The molecule has 9 nitrogen and oxygen atoms in total. The fourth-order valence-electron chi connectivity index (χ4n) is 2.52. The maximum absolute atomic E-state index is 11.6. The number of fused-ring (bicyclic) bond motifs is 1. The van der Waals surface area contributed by atoms with Gasteiger partial charge in [0.2, 0.25) is 0 Å². The van der Waals surface area contributed by atoms with Crippen LogP contribution in [0.4, 0.5) is 0 Å². The van der Waals surface area contributed by atoms with Crippen LogP contribution in [0.25, 0.3) is 0 Å². The van der Waals surface area contributed by atoms with E-state index in [2.05, 4.69) is 15.0 Å². The highest BCUT2D eigenvalue weighted by Crippen LogP contribution is 2.28. The zero-order valence-electron chi connectivity index (χ0n) is 10.7. The van der Waals surface area contributed by atoms with Crippen molar-refractivity contribution in [3.63, 3.8) is 0 Å². The largest absolute Gasteiger partial charge is 0.394 e. The van der Waals surface area contributed by atoms with Gasteiger partial charge in [-0.1, -0.05) is 0 Å². The third-order valence-corrected chi connectivity index (χ3v) is 3.49. The third-order valence-electron chi connectivity index (χ3n) is 3.49. The standard InChI is InChI=1S/C11H14N4O5/c1-19-8-5(2-16)20-11(7(8)17)15-4-14-6-9(15)12-3-13-10(6)18/h3-8,11,16-17H,2H2,1H3/t5-,6?,7-,8-,11-/m1/s1. The minimum Gasteiger partial charge on any atom is -0.394 e. The van der Waals surface area contributed by atoms with Gasteiger partial charge in [0.05, 0.1) is 12.9 Å². The van der Waals surface area contributed by atoms with Crippen molar-refractivity contribution in [2.45, 2.75) is 30.6 Å². The molecule has 108 valence electrons. The number of hydrogen-bond donors (Lipinski definition) is 2. The number of rotatable bonds is 3. The van der Waals surface area contributed by atoms with E-state index in [4.69, 9.17) is 9.47 Å². The Hall–Kier alpha value is -1.68. The maximum atomic E-state index is 11.6. The second kappa shape index (κ2) is 5.02. The van der Waals surface area contributed by atoms with Crippen molar-refractivity contribution < 1.29 is 24.5 Å². The number of nitrogens with zero attached hydrogens (tertiary/aromatic N) is 4. The lowest BCUT2D eigenvalue weighted by molar-refractivity contribution is -0.117. The van der Waals surface area contributed by atoms with Gasteiger partial charge in [0.1, 0.15) is 30.5 Å². The molecule has 3 aliphatic rings. The highest BCUT2D eigenvalue weighted by molar-refractivity contribution is 6.19. The van der Waals surface area contributed by atoms with Crippen LogP contribution >= 0.6 is 0 Å². The Kier molecular flexibility index (Phi) is 3.34. The fourth-order valence-corrected chi connectivity index (χ4v) is 2.52. The summed E-state index contributed by atoms with van der Waals surface area (Å²) in [4.78, 5) is 24.6. The van der Waals surface area contributed by atoms with E-state index in [1.54, 1.807) is 0 Å². The molecule has 2 N–H and O–H groups in total. The number of methoxy groups -OCH3 is 1. The number of carbonyl (C=O) groups excluding carboxylic acids is 1. The highest BCUT2D eigenvalue weighted by Gasteiger charge is 2.49. The van der Waals surface area contributed by atoms with Crippen molar-refractivity contribution in [3.05, 3.63) is 0 Å². The van der Waals surface area contributed by atoms with Crippen molar-refractivity contribution >= 4 is 24.4 Å². The zero-order valence-corrected chi connectivity index (χ0v) is 10.7. The zero-order chi connectivity index (χ0) is 14.3. The van der Waals surface area contributed by atoms with Crippen molar-refractivity contribution in [2.75, 3.05) is 13.7 Å². The number of aliphatic hydroxyl groups is 2. The van der Waals surface area contributed by atoms with E-state index >= 15 is 0 Å². The van der Waals surface area contributed by atoms with E-state index in [9.17, 15) is 15.0 Å². The van der Waals surface area contributed by atoms with Gasteiger partial charge in [-0.15, -0.1) is 0 Å². The van der Waals surface area contributed by atoms with Crippen LogP contribution in [0.5, 0.6) is 0 Å². The Balaban J connectivity index is 1.84. The normalized spacial score (nSPS) is 39.4. The number of ether oxygens (including phenoxy) is 2. The first kappa shape index (κ1) is 13.3. The second-order valence-corrected chi connectivity index (χ2v) is 4.58. The summed E-state index contributed by atoms with van der Waals surface area (Å²) >= 11 is 0. The number of aliphatic imine (C=N–C) groups is 3. The van der Waals surface area contributed by atoms with Gasteiger partial charge in [0, 0.05) is 7.11 Å². The smallest absolute Gasteiger partial charge is 0.279 e. The van der Waals surface area contributed by atoms with E-state index < -0.39 is 36.5 Å². The summed E-state index contributed by atoms with van der Waals surface area (Å²) in [6, 6.07) is -0.787. The number of aliphatic hydroxyl groups excluding tert-OH is 2.